The molecule has 0 aliphatic carbocycles. The van der Waals surface area contributed by atoms with Crippen LogP contribution in [0.1, 0.15) is 11.1 Å². The second kappa shape index (κ2) is 9.50. The molecular formula is C23H22N6O3S. The van der Waals surface area contributed by atoms with Gasteiger partial charge in [0.2, 0.25) is 5.75 Å². The van der Waals surface area contributed by atoms with Crippen molar-refractivity contribution in [2.75, 3.05) is 21.3 Å². The topological polar surface area (TPSA) is 116 Å². The fraction of sp³-hybridized carbons (Fsp3) is 0.174. The fourth-order valence-corrected chi connectivity index (χ4v) is 3.85. The molecule has 1 aromatic heterocycles. The average molecular weight is 463 g/mol. The summed E-state index contributed by atoms with van der Waals surface area (Å²) >= 11 is 5.38. The molecule has 4 N–H and O–H groups in total. The average Bonchev–Trinajstić information content (AvgIpc) is 3.27. The first-order valence-electron chi connectivity index (χ1n) is 9.96. The van der Waals surface area contributed by atoms with Crippen LogP contribution in [-0.4, -0.2) is 43.8 Å². The van der Waals surface area contributed by atoms with Crippen molar-refractivity contribution in [1.29, 1.82) is 5.26 Å². The highest BCUT2D eigenvalue weighted by Crippen LogP contribution is 2.37. The number of para-hydroxylation sites is 1. The van der Waals surface area contributed by atoms with Gasteiger partial charge in [-0.3, -0.25) is 5.43 Å². The number of hydrogen-bond donors (Lipinski definition) is 4. The van der Waals surface area contributed by atoms with Gasteiger partial charge in [0.05, 0.1) is 38.8 Å². The molecule has 0 fully saturated rings. The molecule has 10 heteroatoms. The Balaban J connectivity index is 1.64. The lowest BCUT2D eigenvalue weighted by molar-refractivity contribution is 0.324. The van der Waals surface area contributed by atoms with Gasteiger partial charge < -0.3 is 29.8 Å². The first-order valence-corrected chi connectivity index (χ1v) is 10.4. The maximum absolute atomic E-state index is 9.92. The normalized spacial score (nSPS) is 15.7. The van der Waals surface area contributed by atoms with Crippen LogP contribution in [0.15, 0.2) is 53.3 Å². The Bertz CT molecular complexity index is 1280. The van der Waals surface area contributed by atoms with E-state index in [0.29, 0.717) is 39.2 Å². The summed E-state index contributed by atoms with van der Waals surface area (Å²) in [5.41, 5.74) is 6.56. The van der Waals surface area contributed by atoms with Crippen molar-refractivity contribution in [3.05, 3.63) is 59.3 Å². The van der Waals surface area contributed by atoms with E-state index in [2.05, 4.69) is 32.2 Å². The number of hydrogen-bond acceptors (Lipinski definition) is 7. The monoisotopic (exact) mass is 462 g/mol. The van der Waals surface area contributed by atoms with Crippen LogP contribution in [0, 0.1) is 11.3 Å². The Hall–Kier alpha value is -4.23. The van der Waals surface area contributed by atoms with Crippen molar-refractivity contribution in [3.8, 4) is 23.3 Å². The van der Waals surface area contributed by atoms with Gasteiger partial charge in [0.15, 0.2) is 22.8 Å². The van der Waals surface area contributed by atoms with Crippen molar-refractivity contribution in [2.45, 2.75) is 6.17 Å². The number of ether oxygens (including phenoxy) is 3. The summed E-state index contributed by atoms with van der Waals surface area (Å²) < 4.78 is 16.1. The van der Waals surface area contributed by atoms with Gasteiger partial charge in [-0.2, -0.15) is 10.4 Å². The highest BCUT2D eigenvalue weighted by atomic mass is 32.1. The summed E-state index contributed by atoms with van der Waals surface area (Å²) in [5.74, 6) is 1.52. The number of rotatable bonds is 7. The number of hydrazone groups is 1. The van der Waals surface area contributed by atoms with E-state index in [0.717, 1.165) is 16.5 Å². The lowest BCUT2D eigenvalue weighted by Crippen LogP contribution is -2.52. The molecule has 1 aliphatic rings. The molecule has 9 nitrogen and oxygen atoms in total. The lowest BCUT2D eigenvalue weighted by Gasteiger charge is -2.28. The molecule has 0 amide bonds. The maximum Gasteiger partial charge on any atom is 0.203 e. The molecule has 2 heterocycles. The Morgan fingerprint density at radius 1 is 1.12 bits per heavy atom. The van der Waals surface area contributed by atoms with E-state index in [-0.39, 0.29) is 0 Å². The summed E-state index contributed by atoms with van der Waals surface area (Å²) in [6.07, 6.45) is 2.83. The molecule has 1 atom stereocenters. The molecule has 0 saturated carbocycles. The van der Waals surface area contributed by atoms with Crippen LogP contribution in [0.4, 0.5) is 0 Å². The number of fused-ring (bicyclic) bond motifs is 1. The minimum atomic E-state index is -0.620. The molecule has 0 saturated heterocycles. The minimum Gasteiger partial charge on any atom is -0.493 e. The van der Waals surface area contributed by atoms with Crippen molar-refractivity contribution in [3.63, 3.8) is 0 Å². The van der Waals surface area contributed by atoms with Crippen LogP contribution in [0.3, 0.4) is 0 Å². The van der Waals surface area contributed by atoms with Crippen LogP contribution in [0.5, 0.6) is 17.2 Å². The third kappa shape index (κ3) is 4.26. The van der Waals surface area contributed by atoms with E-state index in [1.54, 1.807) is 39.7 Å². The highest BCUT2D eigenvalue weighted by Gasteiger charge is 2.27. The fourth-order valence-electron chi connectivity index (χ4n) is 3.63. The smallest absolute Gasteiger partial charge is 0.203 e. The quantitative estimate of drug-likeness (QED) is 0.241. The molecule has 0 radical (unpaired) electrons. The van der Waals surface area contributed by atoms with E-state index in [4.69, 9.17) is 26.4 Å². The summed E-state index contributed by atoms with van der Waals surface area (Å²) in [6, 6.07) is 13.7. The zero-order valence-corrected chi connectivity index (χ0v) is 19.0. The standard InChI is InChI=1S/C23H22N6O3S/c1-30-18-8-13(9-19(31-2)21(18)32-3)11-26-29-22-15(10-24)20(27-23(33)28-22)16-12-25-17-7-5-4-6-14(16)17/h4-9,11-12,22,25,29H,1-3H3,(H2,27,28,33)/b26-11+. The van der Waals surface area contributed by atoms with Crippen molar-refractivity contribution < 1.29 is 14.2 Å². The van der Waals surface area contributed by atoms with Gasteiger partial charge in [0.25, 0.3) is 0 Å². The number of methoxy groups -OCH3 is 3. The van der Waals surface area contributed by atoms with Gasteiger partial charge in [-0.05, 0) is 30.4 Å². The van der Waals surface area contributed by atoms with Crippen LogP contribution in [0.2, 0.25) is 0 Å². The molecule has 4 rings (SSSR count). The third-order valence-electron chi connectivity index (χ3n) is 5.16. The summed E-state index contributed by atoms with van der Waals surface area (Å²) in [7, 11) is 4.64. The van der Waals surface area contributed by atoms with Gasteiger partial charge in [-0.1, -0.05) is 18.2 Å². The molecule has 3 aromatic rings. The van der Waals surface area contributed by atoms with Crippen LogP contribution in [-0.2, 0) is 0 Å². The lowest BCUT2D eigenvalue weighted by atomic mass is 10.0. The zero-order chi connectivity index (χ0) is 23.4. The van der Waals surface area contributed by atoms with Gasteiger partial charge in [-0.15, -0.1) is 0 Å². The van der Waals surface area contributed by atoms with Gasteiger partial charge in [-0.25, -0.2) is 0 Å². The van der Waals surface area contributed by atoms with E-state index in [1.165, 1.54) is 0 Å². The molecule has 0 bridgehead atoms. The number of aromatic nitrogens is 1. The van der Waals surface area contributed by atoms with Crippen molar-refractivity contribution in [1.82, 2.24) is 21.0 Å². The van der Waals surface area contributed by atoms with Crippen molar-refractivity contribution >= 4 is 40.1 Å². The van der Waals surface area contributed by atoms with E-state index in [9.17, 15) is 5.26 Å². The summed E-state index contributed by atoms with van der Waals surface area (Å²) in [6.45, 7) is 0. The zero-order valence-electron chi connectivity index (χ0n) is 18.2. The number of thiocarbonyl (C=S) groups is 1. The van der Waals surface area contributed by atoms with E-state index in [1.807, 2.05) is 30.5 Å². The second-order valence-corrected chi connectivity index (χ2v) is 7.43. The largest absolute Gasteiger partial charge is 0.493 e. The SMILES string of the molecule is COc1cc(/C=N/NC2NC(=S)NC(c3c[nH]c4ccccc34)=C2C#N)cc(OC)c1OC. The minimum absolute atomic E-state index is 0.384. The number of nitrogens with zero attached hydrogens (tertiary/aromatic N) is 2. The molecule has 2 aromatic carbocycles. The summed E-state index contributed by atoms with van der Waals surface area (Å²) in [4.78, 5) is 3.22. The van der Waals surface area contributed by atoms with Crippen LogP contribution < -0.4 is 30.3 Å². The Morgan fingerprint density at radius 3 is 2.52 bits per heavy atom. The molecular weight excluding hydrogens is 440 g/mol. The maximum atomic E-state index is 9.92. The molecule has 168 valence electrons. The summed E-state index contributed by atoms with van der Waals surface area (Å²) in [5, 5.41) is 21.8. The number of nitriles is 1. The van der Waals surface area contributed by atoms with Gasteiger partial charge >= 0.3 is 0 Å². The number of aromatic amines is 1. The first-order chi connectivity index (χ1) is 16.1. The van der Waals surface area contributed by atoms with E-state index < -0.39 is 6.17 Å². The van der Waals surface area contributed by atoms with Gasteiger partial charge in [0, 0.05) is 28.2 Å². The van der Waals surface area contributed by atoms with Crippen LogP contribution >= 0.6 is 12.2 Å². The predicted octanol–water partition coefficient (Wildman–Crippen LogP) is 2.86. The predicted molar refractivity (Wildman–Crippen MR) is 130 cm³/mol. The van der Waals surface area contributed by atoms with E-state index >= 15 is 0 Å². The Labute approximate surface area is 196 Å². The first kappa shape index (κ1) is 22.0. The number of benzene rings is 2. The Kier molecular flexibility index (Phi) is 6.33. The van der Waals surface area contributed by atoms with Gasteiger partial charge in [0.1, 0.15) is 6.07 Å². The number of nitrogens with one attached hydrogen (secondary N) is 4. The second-order valence-electron chi connectivity index (χ2n) is 7.03. The highest BCUT2D eigenvalue weighted by molar-refractivity contribution is 7.80. The van der Waals surface area contributed by atoms with Crippen molar-refractivity contribution in [2.24, 2.45) is 5.10 Å². The molecule has 33 heavy (non-hydrogen) atoms. The number of H-pyrrole nitrogens is 1. The molecule has 1 unspecified atom stereocenters. The molecule has 1 aliphatic heterocycles. The molecule has 0 spiro atoms. The third-order valence-corrected chi connectivity index (χ3v) is 5.38. The van der Waals surface area contributed by atoms with Crippen LogP contribution in [0.25, 0.3) is 16.6 Å². The Morgan fingerprint density at radius 2 is 1.85 bits per heavy atom.